The molecule has 1 aromatic rings. The molecule has 0 atom stereocenters. The number of halogens is 6. The van der Waals surface area contributed by atoms with Crippen LogP contribution in [0.3, 0.4) is 0 Å². The Labute approximate surface area is 105 Å². The van der Waals surface area contributed by atoms with Crippen molar-refractivity contribution in [2.45, 2.75) is 18.8 Å². The molecule has 0 aliphatic heterocycles. The van der Waals surface area contributed by atoms with Crippen molar-refractivity contribution >= 4 is 6.08 Å². The number of alkyl halides is 6. The molecule has 0 amide bonds. The van der Waals surface area contributed by atoms with Gasteiger partial charge >= 0.3 is 12.4 Å². The Balaban J connectivity index is 3.25. The van der Waals surface area contributed by atoms with Crippen LogP contribution < -0.4 is 0 Å². The summed E-state index contributed by atoms with van der Waals surface area (Å²) in [5, 5.41) is 8.50. The molecule has 7 heteroatoms. The van der Waals surface area contributed by atoms with Crippen molar-refractivity contribution in [3.63, 3.8) is 0 Å². The second kappa shape index (κ2) is 5.64. The van der Waals surface area contributed by atoms with E-state index >= 15 is 0 Å². The lowest BCUT2D eigenvalue weighted by molar-refractivity contribution is -0.143. The lowest BCUT2D eigenvalue weighted by atomic mass is 10.0. The Morgan fingerprint density at radius 2 is 1.37 bits per heavy atom. The first kappa shape index (κ1) is 15.6. The molecule has 0 aliphatic carbocycles. The number of aliphatic hydroxyl groups is 1. The maximum absolute atomic E-state index is 12.5. The highest BCUT2D eigenvalue weighted by Gasteiger charge is 2.36. The highest BCUT2D eigenvalue weighted by molar-refractivity contribution is 5.53. The average molecular weight is 284 g/mol. The van der Waals surface area contributed by atoms with Gasteiger partial charge in [0.2, 0.25) is 0 Å². The summed E-state index contributed by atoms with van der Waals surface area (Å²) < 4.78 is 75.0. The van der Waals surface area contributed by atoms with Crippen LogP contribution in [0.4, 0.5) is 26.3 Å². The number of rotatable bonds is 3. The molecule has 0 spiro atoms. The minimum absolute atomic E-state index is 0.0728. The van der Waals surface area contributed by atoms with Crippen LogP contribution in [-0.2, 0) is 12.4 Å². The second-order valence-corrected chi connectivity index (χ2v) is 3.75. The fourth-order valence-corrected chi connectivity index (χ4v) is 1.37. The summed E-state index contributed by atoms with van der Waals surface area (Å²) in [5.74, 6) is 0. The molecule has 0 aliphatic rings. The van der Waals surface area contributed by atoms with Crippen molar-refractivity contribution in [1.29, 1.82) is 0 Å². The minimum Gasteiger partial charge on any atom is -0.396 e. The Morgan fingerprint density at radius 1 is 0.895 bits per heavy atom. The Bertz CT molecular complexity index is 426. The number of benzene rings is 1. The van der Waals surface area contributed by atoms with E-state index in [1.54, 1.807) is 0 Å². The largest absolute Gasteiger partial charge is 0.416 e. The van der Waals surface area contributed by atoms with E-state index in [2.05, 4.69) is 0 Å². The van der Waals surface area contributed by atoms with Crippen LogP contribution in [0.2, 0.25) is 0 Å². The third kappa shape index (κ3) is 4.59. The molecule has 1 aromatic carbocycles. The molecular formula is C12H10F6O. The average Bonchev–Trinajstić information content (AvgIpc) is 2.27. The van der Waals surface area contributed by atoms with Gasteiger partial charge in [-0.1, -0.05) is 12.2 Å². The SMILES string of the molecule is OCC/C=C\c1cc(C(F)(F)F)cc(C(F)(F)F)c1. The van der Waals surface area contributed by atoms with Crippen LogP contribution >= 0.6 is 0 Å². The standard InChI is InChI=1S/C12H10F6O/c13-11(14,15)9-5-8(3-1-2-4-19)6-10(7-9)12(16,17)18/h1,3,5-7,19H,2,4H2/b3-1-. The summed E-state index contributed by atoms with van der Waals surface area (Å²) in [6.07, 6.45) is -7.13. The van der Waals surface area contributed by atoms with Crippen molar-refractivity contribution < 1.29 is 31.4 Å². The van der Waals surface area contributed by atoms with Gasteiger partial charge in [0.1, 0.15) is 0 Å². The van der Waals surface area contributed by atoms with Crippen LogP contribution in [-0.4, -0.2) is 11.7 Å². The predicted molar refractivity (Wildman–Crippen MR) is 57.2 cm³/mol. The van der Waals surface area contributed by atoms with E-state index in [1.807, 2.05) is 0 Å². The molecule has 0 aromatic heterocycles. The third-order valence-electron chi connectivity index (χ3n) is 2.22. The topological polar surface area (TPSA) is 20.2 Å². The van der Waals surface area contributed by atoms with E-state index in [0.29, 0.717) is 12.1 Å². The number of aliphatic hydroxyl groups excluding tert-OH is 1. The van der Waals surface area contributed by atoms with E-state index in [-0.39, 0.29) is 24.7 Å². The van der Waals surface area contributed by atoms with E-state index < -0.39 is 23.5 Å². The maximum Gasteiger partial charge on any atom is 0.416 e. The molecule has 0 saturated carbocycles. The quantitative estimate of drug-likeness (QED) is 0.828. The summed E-state index contributed by atoms with van der Waals surface area (Å²) in [5.41, 5.74) is -2.92. The smallest absolute Gasteiger partial charge is 0.396 e. The summed E-state index contributed by atoms with van der Waals surface area (Å²) in [4.78, 5) is 0. The molecule has 0 saturated heterocycles. The lowest BCUT2D eigenvalue weighted by Crippen LogP contribution is -2.11. The number of hydrogen-bond donors (Lipinski definition) is 1. The van der Waals surface area contributed by atoms with Gasteiger partial charge in [-0.3, -0.25) is 0 Å². The van der Waals surface area contributed by atoms with Gasteiger partial charge < -0.3 is 5.11 Å². The van der Waals surface area contributed by atoms with Crippen molar-refractivity contribution in [3.05, 3.63) is 41.0 Å². The fraction of sp³-hybridized carbons (Fsp3) is 0.333. The maximum atomic E-state index is 12.5. The predicted octanol–water partition coefficient (Wildman–Crippen LogP) is 4.12. The van der Waals surface area contributed by atoms with Gasteiger partial charge in [-0.25, -0.2) is 0 Å². The summed E-state index contributed by atoms with van der Waals surface area (Å²) in [6, 6.07) is 1.33. The molecule has 0 heterocycles. The Morgan fingerprint density at radius 3 is 1.74 bits per heavy atom. The molecule has 106 valence electrons. The van der Waals surface area contributed by atoms with E-state index in [4.69, 9.17) is 5.11 Å². The number of hydrogen-bond acceptors (Lipinski definition) is 1. The van der Waals surface area contributed by atoms with Gasteiger partial charge in [0.05, 0.1) is 11.1 Å². The lowest BCUT2D eigenvalue weighted by Gasteiger charge is -2.12. The highest BCUT2D eigenvalue weighted by Crippen LogP contribution is 2.36. The third-order valence-corrected chi connectivity index (χ3v) is 2.22. The molecule has 0 bridgehead atoms. The molecule has 0 fully saturated rings. The van der Waals surface area contributed by atoms with Crippen LogP contribution in [0.15, 0.2) is 24.3 Å². The first-order valence-electron chi connectivity index (χ1n) is 5.21. The summed E-state index contributed by atoms with van der Waals surface area (Å²) in [6.45, 7) is -0.235. The van der Waals surface area contributed by atoms with Crippen molar-refractivity contribution in [3.8, 4) is 0 Å². The van der Waals surface area contributed by atoms with Gasteiger partial charge in [-0.2, -0.15) is 26.3 Å². The zero-order valence-electron chi connectivity index (χ0n) is 9.52. The zero-order chi connectivity index (χ0) is 14.7. The van der Waals surface area contributed by atoms with Crippen molar-refractivity contribution in [1.82, 2.24) is 0 Å². The molecule has 1 nitrogen and oxygen atoms in total. The molecule has 1 rings (SSSR count). The summed E-state index contributed by atoms with van der Waals surface area (Å²) in [7, 11) is 0. The van der Waals surface area contributed by atoms with E-state index in [9.17, 15) is 26.3 Å². The van der Waals surface area contributed by atoms with Crippen LogP contribution in [0.1, 0.15) is 23.1 Å². The minimum atomic E-state index is -4.85. The second-order valence-electron chi connectivity index (χ2n) is 3.75. The summed E-state index contributed by atoms with van der Waals surface area (Å²) >= 11 is 0. The van der Waals surface area contributed by atoms with E-state index in [0.717, 1.165) is 6.08 Å². The molecule has 1 N–H and O–H groups in total. The molecular weight excluding hydrogens is 274 g/mol. The van der Waals surface area contributed by atoms with Crippen molar-refractivity contribution in [2.75, 3.05) is 6.61 Å². The van der Waals surface area contributed by atoms with E-state index in [1.165, 1.54) is 6.08 Å². The van der Waals surface area contributed by atoms with Gasteiger partial charge in [0, 0.05) is 6.61 Å². The highest BCUT2D eigenvalue weighted by atomic mass is 19.4. The first-order valence-corrected chi connectivity index (χ1v) is 5.21. The zero-order valence-corrected chi connectivity index (χ0v) is 9.52. The Kier molecular flexibility index (Phi) is 4.62. The molecule has 19 heavy (non-hydrogen) atoms. The van der Waals surface area contributed by atoms with Crippen LogP contribution in [0.25, 0.3) is 6.08 Å². The van der Waals surface area contributed by atoms with Gasteiger partial charge in [-0.15, -0.1) is 0 Å². The van der Waals surface area contributed by atoms with Gasteiger partial charge in [0.25, 0.3) is 0 Å². The Hall–Kier alpha value is -1.50. The normalized spacial score (nSPS) is 13.2. The first-order chi connectivity index (χ1) is 8.64. The molecule has 0 unspecified atom stereocenters. The van der Waals surface area contributed by atoms with Gasteiger partial charge in [-0.05, 0) is 30.2 Å². The fourth-order valence-electron chi connectivity index (χ4n) is 1.37. The van der Waals surface area contributed by atoms with Crippen LogP contribution in [0, 0.1) is 0 Å². The van der Waals surface area contributed by atoms with Gasteiger partial charge in [0.15, 0.2) is 0 Å². The monoisotopic (exact) mass is 284 g/mol. The van der Waals surface area contributed by atoms with Crippen molar-refractivity contribution in [2.24, 2.45) is 0 Å². The molecule has 0 radical (unpaired) electrons. The van der Waals surface area contributed by atoms with Crippen LogP contribution in [0.5, 0.6) is 0 Å².